The van der Waals surface area contributed by atoms with Gasteiger partial charge in [0.25, 0.3) is 0 Å². The average molecular weight is 354 g/mol. The number of Topliss-reactive ketones (excluding diaryl/α,β-unsaturated/α-hetero) is 1. The van der Waals surface area contributed by atoms with E-state index in [4.69, 9.17) is 10.6 Å². The van der Waals surface area contributed by atoms with Crippen molar-refractivity contribution in [3.05, 3.63) is 34.9 Å². The predicted molar refractivity (Wildman–Crippen MR) is 90.9 cm³/mol. The van der Waals surface area contributed by atoms with Crippen LogP contribution in [0.5, 0.6) is 17.2 Å². The first-order valence-corrected chi connectivity index (χ1v) is 7.96. The van der Waals surface area contributed by atoms with Crippen molar-refractivity contribution >= 4 is 27.8 Å². The lowest BCUT2D eigenvalue weighted by Crippen LogP contribution is -2.38. The molecule has 3 unspecified atom stereocenters. The van der Waals surface area contributed by atoms with Crippen molar-refractivity contribution < 1.29 is 30.0 Å². The zero-order valence-electron chi connectivity index (χ0n) is 13.5. The topological polar surface area (TPSA) is 149 Å². The Hall–Kier alpha value is -3.10. The number of aromatic hydroxyl groups is 3. The van der Waals surface area contributed by atoms with E-state index in [1.807, 2.05) is 0 Å². The van der Waals surface area contributed by atoms with Gasteiger partial charge in [-0.05, 0) is 13.0 Å². The van der Waals surface area contributed by atoms with Crippen LogP contribution in [0.4, 0.5) is 0 Å². The Labute approximate surface area is 146 Å². The van der Waals surface area contributed by atoms with E-state index in [9.17, 15) is 25.2 Å². The minimum Gasteiger partial charge on any atom is -0.507 e. The van der Waals surface area contributed by atoms with Crippen LogP contribution < -0.4 is 5.84 Å². The second-order valence-corrected chi connectivity index (χ2v) is 6.83. The summed E-state index contributed by atoms with van der Waals surface area (Å²) in [7, 11) is 0. The number of nitrogens with zero attached hydrogens (tertiary/aromatic N) is 1. The lowest BCUT2D eigenvalue weighted by Gasteiger charge is -2.20. The fraction of sp³-hybridized carbons (Fsp3) is 0.222. The summed E-state index contributed by atoms with van der Waals surface area (Å²) in [6.45, 7) is 1.56. The van der Waals surface area contributed by atoms with Crippen LogP contribution in [-0.2, 0) is 9.53 Å². The molecular weight excluding hydrogens is 340 g/mol. The molecule has 1 fully saturated rings. The number of carbonyl (C=O) groups is 1. The normalized spacial score (nSPS) is 30.5. The van der Waals surface area contributed by atoms with Crippen LogP contribution in [0.2, 0.25) is 0 Å². The minimum atomic E-state index is -1.19. The number of phenols is 3. The highest BCUT2D eigenvalue weighted by molar-refractivity contribution is 6.42. The molecule has 8 heteroatoms. The lowest BCUT2D eigenvalue weighted by molar-refractivity contribution is -0.119. The fourth-order valence-electron chi connectivity index (χ4n) is 4.19. The second kappa shape index (κ2) is 4.35. The van der Waals surface area contributed by atoms with Gasteiger partial charge in [-0.15, -0.1) is 0 Å². The summed E-state index contributed by atoms with van der Waals surface area (Å²) in [6.07, 6.45) is -1.93. The van der Waals surface area contributed by atoms with Crippen LogP contribution in [0.25, 0.3) is 16.3 Å². The van der Waals surface area contributed by atoms with Crippen molar-refractivity contribution in [3.63, 3.8) is 0 Å². The third-order valence-electron chi connectivity index (χ3n) is 5.52. The number of ether oxygens (including phenoxy) is 1. The highest BCUT2D eigenvalue weighted by Gasteiger charge is 2.68. The molecule has 1 heterocycles. The van der Waals surface area contributed by atoms with Gasteiger partial charge in [0, 0.05) is 16.5 Å². The molecule has 0 amide bonds. The second-order valence-electron chi connectivity index (χ2n) is 6.83. The van der Waals surface area contributed by atoms with Crippen molar-refractivity contribution in [2.45, 2.75) is 24.7 Å². The molecule has 3 atom stereocenters. The number of hydrogen-bond donors (Lipinski definition) is 5. The highest BCUT2D eigenvalue weighted by Crippen LogP contribution is 2.58. The van der Waals surface area contributed by atoms with Gasteiger partial charge in [0.05, 0.1) is 16.5 Å². The van der Waals surface area contributed by atoms with Gasteiger partial charge in [-0.1, -0.05) is 12.1 Å². The van der Waals surface area contributed by atoms with Gasteiger partial charge in [-0.3, -0.25) is 4.79 Å². The van der Waals surface area contributed by atoms with E-state index in [2.05, 4.69) is 5.10 Å². The maximum atomic E-state index is 12.9. The highest BCUT2D eigenvalue weighted by atomic mass is 16.6. The van der Waals surface area contributed by atoms with Crippen molar-refractivity contribution in [1.82, 2.24) is 0 Å². The Kier molecular flexibility index (Phi) is 2.54. The molecule has 0 saturated carbocycles. The molecule has 0 aromatic heterocycles. The first-order chi connectivity index (χ1) is 12.3. The van der Waals surface area contributed by atoms with Crippen molar-refractivity contribution in [1.29, 1.82) is 0 Å². The summed E-state index contributed by atoms with van der Waals surface area (Å²) in [5.74, 6) is 4.17. The summed E-state index contributed by atoms with van der Waals surface area (Å²) in [5.41, 5.74) is -0.978. The number of phenolic OH excluding ortho intramolecular Hbond substituents is 3. The summed E-state index contributed by atoms with van der Waals surface area (Å²) < 4.78 is 5.39. The number of aliphatic hydroxyl groups is 1. The molecule has 0 bridgehead atoms. The molecule has 1 aliphatic heterocycles. The Morgan fingerprint density at radius 3 is 2.62 bits per heavy atom. The standard InChI is InChI=1S/C18H14N2O6/c1-18-16(25)11-9(15(24)17(18)26-18)8-10(12(11)20-19)14(23)7-5(13(8)22)3-2-4-6(7)21/h2-4,15,17,21-24H,19H2,1H3. The minimum absolute atomic E-state index is 0.0132. The van der Waals surface area contributed by atoms with Gasteiger partial charge >= 0.3 is 0 Å². The number of rotatable bonds is 0. The van der Waals surface area contributed by atoms with Gasteiger partial charge < -0.3 is 31.0 Å². The molecule has 3 aliphatic rings. The number of hydrazone groups is 1. The molecular formula is C18H14N2O6. The molecule has 2 aliphatic carbocycles. The summed E-state index contributed by atoms with van der Waals surface area (Å²) in [5, 5.41) is 46.3. The van der Waals surface area contributed by atoms with Crippen LogP contribution in [0, 0.1) is 0 Å². The third kappa shape index (κ3) is 1.44. The van der Waals surface area contributed by atoms with Crippen LogP contribution in [0.15, 0.2) is 28.9 Å². The summed E-state index contributed by atoms with van der Waals surface area (Å²) in [6, 6.07) is 4.38. The van der Waals surface area contributed by atoms with Crippen LogP contribution in [-0.4, -0.2) is 49.7 Å². The van der Waals surface area contributed by atoms with Gasteiger partial charge in [-0.2, -0.15) is 5.10 Å². The maximum absolute atomic E-state index is 12.9. The first-order valence-electron chi connectivity index (χ1n) is 7.96. The van der Waals surface area contributed by atoms with Crippen molar-refractivity contribution in [2.24, 2.45) is 10.9 Å². The van der Waals surface area contributed by atoms with Crippen molar-refractivity contribution in [3.8, 4) is 17.2 Å². The van der Waals surface area contributed by atoms with Gasteiger partial charge in [0.2, 0.25) is 0 Å². The summed E-state index contributed by atoms with van der Waals surface area (Å²) >= 11 is 0. The fourth-order valence-corrected chi connectivity index (χ4v) is 4.19. The van der Waals surface area contributed by atoms with Crippen LogP contribution in [0.1, 0.15) is 18.1 Å². The molecule has 2 aromatic rings. The van der Waals surface area contributed by atoms with Crippen molar-refractivity contribution in [2.75, 3.05) is 0 Å². The molecule has 2 aromatic carbocycles. The van der Waals surface area contributed by atoms with E-state index in [1.54, 1.807) is 6.92 Å². The number of epoxide rings is 1. The van der Waals surface area contributed by atoms with Crippen LogP contribution >= 0.6 is 0 Å². The monoisotopic (exact) mass is 354 g/mol. The molecule has 8 nitrogen and oxygen atoms in total. The van der Waals surface area contributed by atoms with Gasteiger partial charge in [-0.25, -0.2) is 0 Å². The smallest absolute Gasteiger partial charge is 0.199 e. The molecule has 5 rings (SSSR count). The quantitative estimate of drug-likeness (QED) is 0.200. The number of benzene rings is 2. The third-order valence-corrected chi connectivity index (χ3v) is 5.52. The van der Waals surface area contributed by atoms with Gasteiger partial charge in [0.15, 0.2) is 11.4 Å². The molecule has 0 radical (unpaired) electrons. The van der Waals surface area contributed by atoms with E-state index in [1.165, 1.54) is 18.2 Å². The maximum Gasteiger partial charge on any atom is 0.199 e. The van der Waals surface area contributed by atoms with E-state index < -0.39 is 23.6 Å². The summed E-state index contributed by atoms with van der Waals surface area (Å²) in [4.78, 5) is 12.9. The Morgan fingerprint density at radius 1 is 1.19 bits per heavy atom. The molecule has 0 spiro atoms. The Balaban J connectivity index is 1.94. The van der Waals surface area contributed by atoms with E-state index in [0.29, 0.717) is 0 Å². The largest absolute Gasteiger partial charge is 0.507 e. The zero-order chi connectivity index (χ0) is 18.5. The number of carbonyl (C=O) groups excluding carboxylic acids is 1. The molecule has 1 saturated heterocycles. The van der Waals surface area contributed by atoms with E-state index >= 15 is 0 Å². The zero-order valence-corrected chi connectivity index (χ0v) is 13.5. The molecule has 132 valence electrons. The SMILES string of the molecule is CC12OC1C(O)C1=C(C2=O)C(=NN)c2c1c(O)c1cccc(O)c1c2O. The molecule has 26 heavy (non-hydrogen) atoms. The Morgan fingerprint density at radius 2 is 1.92 bits per heavy atom. The lowest BCUT2D eigenvalue weighted by atomic mass is 9.81. The predicted octanol–water partition coefficient (Wildman–Crippen LogP) is 0.488. The number of nitrogens with two attached hydrogens (primary N) is 1. The average Bonchev–Trinajstić information content (AvgIpc) is 3.20. The number of fused-ring (bicyclic) bond motifs is 4. The number of aliphatic hydroxyl groups excluding tert-OH is 1. The number of hydrogen-bond acceptors (Lipinski definition) is 8. The number of ketones is 1. The van der Waals surface area contributed by atoms with E-state index in [-0.39, 0.29) is 56.0 Å². The molecule has 6 N–H and O–H groups in total. The first kappa shape index (κ1) is 15.2. The van der Waals surface area contributed by atoms with E-state index in [0.717, 1.165) is 0 Å². The van der Waals surface area contributed by atoms with Gasteiger partial charge in [0.1, 0.15) is 35.2 Å². The Bertz CT molecular complexity index is 1120. The van der Waals surface area contributed by atoms with Crippen LogP contribution in [0.3, 0.4) is 0 Å².